The van der Waals surface area contributed by atoms with Gasteiger partial charge in [0.2, 0.25) is 0 Å². The number of nitrogens with zero attached hydrogens (tertiary/aromatic N) is 4. The van der Waals surface area contributed by atoms with Crippen LogP contribution in [0.4, 0.5) is 5.13 Å². The highest BCUT2D eigenvalue weighted by Crippen LogP contribution is 2.24. The summed E-state index contributed by atoms with van der Waals surface area (Å²) in [7, 11) is 1.80. The fourth-order valence-electron chi connectivity index (χ4n) is 2.90. The molecule has 1 fully saturated rings. The lowest BCUT2D eigenvalue weighted by atomic mass is 10.3. The summed E-state index contributed by atoms with van der Waals surface area (Å²) >= 11 is 3.49. The minimum Gasteiger partial charge on any atom is -0.356 e. The number of guanidine groups is 1. The molecule has 0 bridgehead atoms. The number of aliphatic imine (C=N–C) groups is 1. The zero-order valence-corrected chi connectivity index (χ0v) is 16.8. The van der Waals surface area contributed by atoms with Gasteiger partial charge in [-0.1, -0.05) is 0 Å². The van der Waals surface area contributed by atoms with E-state index in [1.54, 1.807) is 29.7 Å². The summed E-state index contributed by atoms with van der Waals surface area (Å²) in [5.41, 5.74) is 2.26. The maximum absolute atomic E-state index is 4.76. The van der Waals surface area contributed by atoms with Crippen LogP contribution in [-0.4, -0.2) is 42.6 Å². The summed E-state index contributed by atoms with van der Waals surface area (Å²) in [5, 5.41) is 11.2. The van der Waals surface area contributed by atoms with Gasteiger partial charge in [-0.2, -0.15) is 0 Å². The largest absolute Gasteiger partial charge is 0.356 e. The number of aromatic nitrogens is 2. The van der Waals surface area contributed by atoms with E-state index in [0.717, 1.165) is 55.0 Å². The minimum absolute atomic E-state index is 0.757. The highest BCUT2D eigenvalue weighted by atomic mass is 32.1. The van der Waals surface area contributed by atoms with Gasteiger partial charge in [-0.25, -0.2) is 9.97 Å². The molecule has 0 aliphatic carbocycles. The van der Waals surface area contributed by atoms with Gasteiger partial charge in [0.15, 0.2) is 11.1 Å². The SMILES string of the molecule is CN=C(NCCc1csc(N2CCCC2)n1)NCc1sc(C)nc1C. The molecular weight excluding hydrogens is 352 g/mol. The Morgan fingerprint density at radius 1 is 1.24 bits per heavy atom. The Morgan fingerprint density at radius 2 is 2.04 bits per heavy atom. The van der Waals surface area contributed by atoms with Crippen molar-refractivity contribution in [2.75, 3.05) is 31.6 Å². The van der Waals surface area contributed by atoms with Crippen LogP contribution in [0.3, 0.4) is 0 Å². The van der Waals surface area contributed by atoms with Gasteiger partial charge in [0.25, 0.3) is 0 Å². The van der Waals surface area contributed by atoms with Gasteiger partial charge in [0.05, 0.1) is 22.9 Å². The van der Waals surface area contributed by atoms with Crippen LogP contribution in [0.25, 0.3) is 0 Å². The van der Waals surface area contributed by atoms with Crippen molar-refractivity contribution in [1.82, 2.24) is 20.6 Å². The Morgan fingerprint density at radius 3 is 2.72 bits per heavy atom. The molecule has 0 radical (unpaired) electrons. The van der Waals surface area contributed by atoms with Gasteiger partial charge in [0, 0.05) is 43.4 Å². The molecule has 0 aromatic carbocycles. The molecule has 3 heterocycles. The van der Waals surface area contributed by atoms with Gasteiger partial charge in [-0.3, -0.25) is 4.99 Å². The first-order chi connectivity index (χ1) is 12.2. The number of aryl methyl sites for hydroxylation is 2. The molecule has 2 N–H and O–H groups in total. The number of thiazole rings is 2. The third-order valence-corrected chi connectivity index (χ3v) is 6.25. The molecular formula is C17H26N6S2. The van der Waals surface area contributed by atoms with Crippen LogP contribution in [0.15, 0.2) is 10.4 Å². The Balaban J connectivity index is 1.43. The van der Waals surface area contributed by atoms with Gasteiger partial charge in [-0.05, 0) is 26.7 Å². The summed E-state index contributed by atoms with van der Waals surface area (Å²) in [6.45, 7) is 7.97. The highest BCUT2D eigenvalue weighted by Gasteiger charge is 2.15. The van der Waals surface area contributed by atoms with Crippen molar-refractivity contribution in [1.29, 1.82) is 0 Å². The van der Waals surface area contributed by atoms with Crippen molar-refractivity contribution >= 4 is 33.8 Å². The second-order valence-corrected chi connectivity index (χ2v) is 8.28. The summed E-state index contributed by atoms with van der Waals surface area (Å²) in [6, 6.07) is 0. The highest BCUT2D eigenvalue weighted by molar-refractivity contribution is 7.13. The van der Waals surface area contributed by atoms with E-state index in [0.29, 0.717) is 0 Å². The van der Waals surface area contributed by atoms with Crippen LogP contribution in [0.1, 0.15) is 34.1 Å². The normalized spacial score (nSPS) is 15.0. The van der Waals surface area contributed by atoms with Crippen LogP contribution in [0, 0.1) is 13.8 Å². The molecule has 3 rings (SSSR count). The Bertz CT molecular complexity index is 715. The zero-order chi connectivity index (χ0) is 17.6. The molecule has 0 unspecified atom stereocenters. The van der Waals surface area contributed by atoms with Crippen LogP contribution >= 0.6 is 22.7 Å². The van der Waals surface area contributed by atoms with E-state index in [2.05, 4.69) is 37.8 Å². The maximum Gasteiger partial charge on any atom is 0.191 e. The lowest BCUT2D eigenvalue weighted by Gasteiger charge is -2.12. The van der Waals surface area contributed by atoms with E-state index in [4.69, 9.17) is 4.98 Å². The Hall–Kier alpha value is -1.67. The van der Waals surface area contributed by atoms with Gasteiger partial charge in [0.1, 0.15) is 0 Å². The third-order valence-electron chi connectivity index (χ3n) is 4.23. The summed E-state index contributed by atoms with van der Waals surface area (Å²) in [5.74, 6) is 0.820. The van der Waals surface area contributed by atoms with Gasteiger partial charge < -0.3 is 15.5 Å². The summed E-state index contributed by atoms with van der Waals surface area (Å²) < 4.78 is 0. The van der Waals surface area contributed by atoms with Crippen molar-refractivity contribution in [3.05, 3.63) is 26.7 Å². The topological polar surface area (TPSA) is 65.4 Å². The van der Waals surface area contributed by atoms with E-state index < -0.39 is 0 Å². The molecule has 1 aliphatic heterocycles. The van der Waals surface area contributed by atoms with E-state index in [-0.39, 0.29) is 0 Å². The number of anilines is 1. The van der Waals surface area contributed by atoms with Crippen molar-refractivity contribution in [2.24, 2.45) is 4.99 Å². The summed E-state index contributed by atoms with van der Waals surface area (Å²) in [6.07, 6.45) is 3.48. The zero-order valence-electron chi connectivity index (χ0n) is 15.1. The predicted octanol–water partition coefficient (Wildman–Crippen LogP) is 2.72. The van der Waals surface area contributed by atoms with Crippen LogP contribution in [0.5, 0.6) is 0 Å². The lowest BCUT2D eigenvalue weighted by Crippen LogP contribution is -2.37. The van der Waals surface area contributed by atoms with Gasteiger partial charge >= 0.3 is 0 Å². The van der Waals surface area contributed by atoms with Crippen molar-refractivity contribution < 1.29 is 0 Å². The van der Waals surface area contributed by atoms with Crippen LogP contribution < -0.4 is 15.5 Å². The summed E-state index contributed by atoms with van der Waals surface area (Å²) in [4.78, 5) is 17.2. The van der Waals surface area contributed by atoms with Crippen LogP contribution in [-0.2, 0) is 13.0 Å². The molecule has 136 valence electrons. The average molecular weight is 379 g/mol. The van der Waals surface area contributed by atoms with E-state index in [1.807, 2.05) is 6.92 Å². The van der Waals surface area contributed by atoms with Crippen LogP contribution in [0.2, 0.25) is 0 Å². The van der Waals surface area contributed by atoms with E-state index >= 15 is 0 Å². The monoisotopic (exact) mass is 378 g/mol. The molecule has 0 amide bonds. The third kappa shape index (κ3) is 4.92. The van der Waals surface area contributed by atoms with Crippen molar-refractivity contribution in [3.8, 4) is 0 Å². The molecule has 0 saturated carbocycles. The molecule has 0 atom stereocenters. The minimum atomic E-state index is 0.757. The molecule has 6 nitrogen and oxygen atoms in total. The second-order valence-electron chi connectivity index (χ2n) is 6.16. The number of hydrogen-bond acceptors (Lipinski definition) is 6. The quantitative estimate of drug-likeness (QED) is 0.598. The predicted molar refractivity (Wildman–Crippen MR) is 107 cm³/mol. The van der Waals surface area contributed by atoms with E-state index in [9.17, 15) is 0 Å². The number of hydrogen-bond donors (Lipinski definition) is 2. The molecule has 1 saturated heterocycles. The van der Waals surface area contributed by atoms with Gasteiger partial charge in [-0.15, -0.1) is 22.7 Å². The molecule has 0 spiro atoms. The Labute approximate surface area is 157 Å². The lowest BCUT2D eigenvalue weighted by molar-refractivity contribution is 0.787. The second kappa shape index (κ2) is 8.62. The molecule has 8 heteroatoms. The molecule has 2 aromatic heterocycles. The first-order valence-corrected chi connectivity index (χ1v) is 10.4. The maximum atomic E-state index is 4.76. The van der Waals surface area contributed by atoms with Crippen molar-refractivity contribution in [3.63, 3.8) is 0 Å². The smallest absolute Gasteiger partial charge is 0.191 e. The molecule has 25 heavy (non-hydrogen) atoms. The van der Waals surface area contributed by atoms with E-state index in [1.165, 1.54) is 22.9 Å². The standard InChI is InChI=1S/C17H26N6S2/c1-12-15(25-13(2)21-12)10-20-16(18-3)19-7-6-14-11-24-17(22-14)23-8-4-5-9-23/h11H,4-10H2,1-3H3,(H2,18,19,20). The first kappa shape index (κ1) is 18.1. The molecule has 2 aromatic rings. The fourth-order valence-corrected chi connectivity index (χ4v) is 4.69. The van der Waals surface area contributed by atoms with Crippen molar-refractivity contribution in [2.45, 2.75) is 39.7 Å². The first-order valence-electron chi connectivity index (χ1n) is 8.72. The Kier molecular flexibility index (Phi) is 6.25. The fraction of sp³-hybridized carbons (Fsp3) is 0.588. The number of rotatable bonds is 6. The average Bonchev–Trinajstić information content (AvgIpc) is 3.32. The number of nitrogens with one attached hydrogen (secondary N) is 2. The molecule has 1 aliphatic rings.